The molecule has 0 aliphatic heterocycles. The second-order valence-corrected chi connectivity index (χ2v) is 3.36. The van der Waals surface area contributed by atoms with E-state index < -0.39 is 0 Å². The zero-order valence-corrected chi connectivity index (χ0v) is 8.77. The SMILES string of the molecule is C[NH+]=C(c1ccccc1)c1ccccc1. The number of hydrogen-bond acceptors (Lipinski definition) is 0. The fraction of sp³-hybridized carbons (Fsp3) is 0.0714. The van der Waals surface area contributed by atoms with Crippen LogP contribution in [0.5, 0.6) is 0 Å². The lowest BCUT2D eigenvalue weighted by Gasteiger charge is -2.00. The molecule has 0 atom stereocenters. The lowest BCUT2D eigenvalue weighted by molar-refractivity contribution is -0.418. The Hall–Kier alpha value is -1.89. The fourth-order valence-corrected chi connectivity index (χ4v) is 1.66. The molecule has 0 amide bonds. The molecule has 0 spiro atoms. The van der Waals surface area contributed by atoms with E-state index in [2.05, 4.69) is 53.5 Å². The van der Waals surface area contributed by atoms with Gasteiger partial charge < -0.3 is 0 Å². The van der Waals surface area contributed by atoms with E-state index >= 15 is 0 Å². The van der Waals surface area contributed by atoms with Crippen molar-refractivity contribution in [1.29, 1.82) is 0 Å². The first-order chi connectivity index (χ1) is 7.42. The van der Waals surface area contributed by atoms with Crippen molar-refractivity contribution in [3.63, 3.8) is 0 Å². The molecule has 0 heterocycles. The van der Waals surface area contributed by atoms with Gasteiger partial charge in [0.15, 0.2) is 0 Å². The minimum atomic E-state index is 1.16. The van der Waals surface area contributed by atoms with Crippen molar-refractivity contribution in [3.05, 3.63) is 71.8 Å². The van der Waals surface area contributed by atoms with Crippen LogP contribution in [0.25, 0.3) is 0 Å². The molecule has 1 N–H and O–H groups in total. The first-order valence-electron chi connectivity index (χ1n) is 5.07. The smallest absolute Gasteiger partial charge is 0.212 e. The fourth-order valence-electron chi connectivity index (χ4n) is 1.66. The molecule has 0 bridgehead atoms. The van der Waals surface area contributed by atoms with Crippen molar-refractivity contribution >= 4 is 5.71 Å². The van der Waals surface area contributed by atoms with Crippen LogP contribution in [0.1, 0.15) is 11.1 Å². The Bertz CT molecular complexity index is 402. The Balaban J connectivity index is 2.44. The first kappa shape index (κ1) is 9.66. The average Bonchev–Trinajstić information content (AvgIpc) is 2.33. The summed E-state index contributed by atoms with van der Waals surface area (Å²) < 4.78 is 0. The molecule has 1 heteroatoms. The molecule has 0 aliphatic carbocycles. The Morgan fingerprint density at radius 2 is 1.13 bits per heavy atom. The van der Waals surface area contributed by atoms with Crippen LogP contribution >= 0.6 is 0 Å². The minimum Gasteiger partial charge on any atom is -0.244 e. The van der Waals surface area contributed by atoms with Gasteiger partial charge in [-0.3, -0.25) is 0 Å². The largest absolute Gasteiger partial charge is 0.244 e. The summed E-state index contributed by atoms with van der Waals surface area (Å²) >= 11 is 0. The van der Waals surface area contributed by atoms with Crippen molar-refractivity contribution in [2.24, 2.45) is 0 Å². The summed E-state index contributed by atoms with van der Waals surface area (Å²) in [6.45, 7) is 0. The molecule has 0 aliphatic rings. The summed E-state index contributed by atoms with van der Waals surface area (Å²) in [6.07, 6.45) is 0. The monoisotopic (exact) mass is 196 g/mol. The summed E-state index contributed by atoms with van der Waals surface area (Å²) in [6, 6.07) is 20.7. The average molecular weight is 196 g/mol. The molecular weight excluding hydrogens is 182 g/mol. The Labute approximate surface area is 90.1 Å². The van der Waals surface area contributed by atoms with E-state index in [4.69, 9.17) is 0 Å². The maximum atomic E-state index is 3.25. The highest BCUT2D eigenvalue weighted by atomic mass is 14.7. The highest BCUT2D eigenvalue weighted by molar-refractivity contribution is 6.08. The molecule has 0 radical (unpaired) electrons. The summed E-state index contributed by atoms with van der Waals surface area (Å²) in [7, 11) is 1.95. The normalized spacial score (nSPS) is 9.67. The van der Waals surface area contributed by atoms with Crippen LogP contribution in [0, 0.1) is 0 Å². The highest BCUT2D eigenvalue weighted by Gasteiger charge is 2.09. The van der Waals surface area contributed by atoms with E-state index in [9.17, 15) is 0 Å². The van der Waals surface area contributed by atoms with Gasteiger partial charge in [0.2, 0.25) is 5.71 Å². The lowest BCUT2D eigenvalue weighted by Crippen LogP contribution is -2.68. The van der Waals surface area contributed by atoms with Gasteiger partial charge in [-0.15, -0.1) is 0 Å². The molecule has 0 aromatic heterocycles. The minimum absolute atomic E-state index is 1.16. The third-order valence-electron chi connectivity index (χ3n) is 2.37. The van der Waals surface area contributed by atoms with E-state index in [-0.39, 0.29) is 0 Å². The molecule has 0 saturated heterocycles. The predicted molar refractivity (Wildman–Crippen MR) is 63.0 cm³/mol. The third-order valence-corrected chi connectivity index (χ3v) is 2.37. The van der Waals surface area contributed by atoms with E-state index in [0.29, 0.717) is 0 Å². The van der Waals surface area contributed by atoms with Crippen molar-refractivity contribution < 1.29 is 4.99 Å². The molecule has 2 aromatic rings. The Morgan fingerprint density at radius 1 is 0.733 bits per heavy atom. The number of hydrogen-bond donors (Lipinski definition) is 1. The highest BCUT2D eigenvalue weighted by Crippen LogP contribution is 2.06. The maximum absolute atomic E-state index is 3.25. The summed E-state index contributed by atoms with van der Waals surface area (Å²) in [4.78, 5) is 3.25. The number of nitrogens with one attached hydrogen (secondary N) is 1. The van der Waals surface area contributed by atoms with Gasteiger partial charge in [-0.2, -0.15) is 0 Å². The van der Waals surface area contributed by atoms with Gasteiger partial charge >= 0.3 is 0 Å². The van der Waals surface area contributed by atoms with Crippen LogP contribution in [0.4, 0.5) is 0 Å². The van der Waals surface area contributed by atoms with Gasteiger partial charge in [0.1, 0.15) is 7.05 Å². The maximum Gasteiger partial charge on any atom is 0.212 e. The molecular formula is C14H14N+. The summed E-state index contributed by atoms with van der Waals surface area (Å²) in [5.41, 5.74) is 3.59. The number of benzene rings is 2. The Kier molecular flexibility index (Phi) is 2.93. The zero-order chi connectivity index (χ0) is 10.5. The second kappa shape index (κ2) is 4.56. The van der Waals surface area contributed by atoms with Crippen LogP contribution in [-0.2, 0) is 0 Å². The van der Waals surface area contributed by atoms with Gasteiger partial charge in [-0.25, -0.2) is 4.99 Å². The van der Waals surface area contributed by atoms with Gasteiger partial charge in [-0.05, 0) is 24.3 Å². The van der Waals surface area contributed by atoms with Crippen LogP contribution in [0.3, 0.4) is 0 Å². The standard InChI is InChI=1S/C14H13N/c1-15-14(12-8-4-2-5-9-12)13-10-6-3-7-11-13/h2-11H,1H3/p+1. The van der Waals surface area contributed by atoms with Crippen molar-refractivity contribution in [3.8, 4) is 0 Å². The van der Waals surface area contributed by atoms with Crippen molar-refractivity contribution in [1.82, 2.24) is 0 Å². The third kappa shape index (κ3) is 2.13. The molecule has 15 heavy (non-hydrogen) atoms. The van der Waals surface area contributed by atoms with Gasteiger partial charge in [0.25, 0.3) is 0 Å². The van der Waals surface area contributed by atoms with Crippen molar-refractivity contribution in [2.75, 3.05) is 7.05 Å². The molecule has 2 rings (SSSR count). The van der Waals surface area contributed by atoms with Gasteiger partial charge in [0, 0.05) is 11.1 Å². The van der Waals surface area contributed by atoms with E-state index in [1.807, 2.05) is 19.2 Å². The van der Waals surface area contributed by atoms with E-state index in [0.717, 1.165) is 5.71 Å². The molecule has 0 fully saturated rings. The molecule has 1 nitrogen and oxygen atoms in total. The lowest BCUT2D eigenvalue weighted by atomic mass is 10.0. The first-order valence-corrected chi connectivity index (χ1v) is 5.07. The molecule has 74 valence electrons. The summed E-state index contributed by atoms with van der Waals surface area (Å²) in [5, 5.41) is 0. The van der Waals surface area contributed by atoms with E-state index in [1.54, 1.807) is 0 Å². The van der Waals surface area contributed by atoms with Crippen molar-refractivity contribution in [2.45, 2.75) is 0 Å². The predicted octanol–water partition coefficient (Wildman–Crippen LogP) is 1.23. The summed E-state index contributed by atoms with van der Waals surface area (Å²) in [5.74, 6) is 0. The topological polar surface area (TPSA) is 14.0 Å². The van der Waals surface area contributed by atoms with Gasteiger partial charge in [0.05, 0.1) is 0 Å². The number of rotatable bonds is 2. The van der Waals surface area contributed by atoms with Crippen LogP contribution < -0.4 is 4.99 Å². The van der Waals surface area contributed by atoms with E-state index in [1.165, 1.54) is 11.1 Å². The quantitative estimate of drug-likeness (QED) is 0.695. The zero-order valence-electron chi connectivity index (χ0n) is 8.77. The Morgan fingerprint density at radius 3 is 1.47 bits per heavy atom. The van der Waals surface area contributed by atoms with Gasteiger partial charge in [-0.1, -0.05) is 36.4 Å². The van der Waals surface area contributed by atoms with Crippen LogP contribution in [0.15, 0.2) is 60.7 Å². The van der Waals surface area contributed by atoms with Crippen LogP contribution in [-0.4, -0.2) is 12.8 Å². The second-order valence-electron chi connectivity index (χ2n) is 3.36. The molecule has 0 saturated carbocycles. The molecule has 2 aromatic carbocycles. The molecule has 0 unspecified atom stereocenters. The van der Waals surface area contributed by atoms with Crippen LogP contribution in [0.2, 0.25) is 0 Å².